The molecule has 0 aromatic carbocycles. The molecule has 0 spiro atoms. The number of piperidine rings is 1. The third-order valence-electron chi connectivity index (χ3n) is 3.82. The molecular formula is C12H20N2O3. The van der Waals surface area contributed by atoms with Crippen LogP contribution in [0.4, 0.5) is 0 Å². The van der Waals surface area contributed by atoms with Crippen LogP contribution in [0.5, 0.6) is 0 Å². The van der Waals surface area contributed by atoms with Crippen molar-refractivity contribution in [1.82, 2.24) is 9.80 Å². The van der Waals surface area contributed by atoms with Crippen molar-refractivity contribution in [3.63, 3.8) is 0 Å². The molecule has 0 radical (unpaired) electrons. The highest BCUT2D eigenvalue weighted by Crippen LogP contribution is 2.22. The number of hydrogen-bond donors (Lipinski definition) is 1. The van der Waals surface area contributed by atoms with Crippen molar-refractivity contribution in [3.05, 3.63) is 0 Å². The van der Waals surface area contributed by atoms with Gasteiger partial charge >= 0.3 is 5.97 Å². The Balaban J connectivity index is 1.90. The lowest BCUT2D eigenvalue weighted by Gasteiger charge is -2.31. The summed E-state index contributed by atoms with van der Waals surface area (Å²) in [5.74, 6) is -0.914. The van der Waals surface area contributed by atoms with Gasteiger partial charge in [0.25, 0.3) is 0 Å². The predicted octanol–water partition coefficient (Wildman–Crippen LogP) is 0.261. The second-order valence-corrected chi connectivity index (χ2v) is 5.21. The topological polar surface area (TPSA) is 60.9 Å². The zero-order valence-corrected chi connectivity index (χ0v) is 10.3. The molecule has 2 unspecified atom stereocenters. The van der Waals surface area contributed by atoms with Crippen molar-refractivity contribution in [2.45, 2.75) is 19.3 Å². The van der Waals surface area contributed by atoms with Crippen LogP contribution in [-0.4, -0.2) is 60.0 Å². The normalized spacial score (nSPS) is 30.5. The molecule has 0 aromatic heterocycles. The summed E-state index contributed by atoms with van der Waals surface area (Å²) in [6.07, 6.45) is 2.60. The minimum atomic E-state index is -0.777. The Labute approximate surface area is 101 Å². The van der Waals surface area contributed by atoms with Crippen LogP contribution in [0, 0.1) is 11.8 Å². The first-order valence-electron chi connectivity index (χ1n) is 6.28. The highest BCUT2D eigenvalue weighted by Gasteiger charge is 2.34. The fourth-order valence-corrected chi connectivity index (χ4v) is 2.79. The van der Waals surface area contributed by atoms with E-state index in [4.69, 9.17) is 5.11 Å². The maximum atomic E-state index is 12.2. The summed E-state index contributed by atoms with van der Waals surface area (Å²) < 4.78 is 0. The summed E-state index contributed by atoms with van der Waals surface area (Å²) in [6.45, 7) is 2.87. The van der Waals surface area contributed by atoms with Crippen molar-refractivity contribution in [2.75, 3.05) is 33.2 Å². The lowest BCUT2D eigenvalue weighted by atomic mass is 9.97. The molecule has 17 heavy (non-hydrogen) atoms. The van der Waals surface area contributed by atoms with Gasteiger partial charge in [-0.1, -0.05) is 0 Å². The second kappa shape index (κ2) is 5.04. The Morgan fingerprint density at radius 1 is 1.12 bits per heavy atom. The van der Waals surface area contributed by atoms with Gasteiger partial charge in [0.15, 0.2) is 0 Å². The Morgan fingerprint density at radius 2 is 1.88 bits per heavy atom. The number of amides is 1. The quantitative estimate of drug-likeness (QED) is 0.752. The molecule has 0 bridgehead atoms. The van der Waals surface area contributed by atoms with Crippen LogP contribution < -0.4 is 0 Å². The van der Waals surface area contributed by atoms with Crippen LogP contribution in [0.15, 0.2) is 0 Å². The minimum absolute atomic E-state index is 0.0706. The van der Waals surface area contributed by atoms with E-state index in [0.29, 0.717) is 19.5 Å². The highest BCUT2D eigenvalue weighted by molar-refractivity contribution is 5.81. The minimum Gasteiger partial charge on any atom is -0.481 e. The van der Waals surface area contributed by atoms with Gasteiger partial charge in [0.1, 0.15) is 0 Å². The number of carbonyl (C=O) groups excluding carboxylic acids is 1. The smallest absolute Gasteiger partial charge is 0.308 e. The van der Waals surface area contributed by atoms with Gasteiger partial charge in [-0.25, -0.2) is 0 Å². The number of rotatable bonds is 2. The van der Waals surface area contributed by atoms with Gasteiger partial charge in [0, 0.05) is 19.6 Å². The molecule has 0 aliphatic carbocycles. The van der Waals surface area contributed by atoms with Gasteiger partial charge in [0.2, 0.25) is 5.91 Å². The molecule has 0 aromatic rings. The van der Waals surface area contributed by atoms with Gasteiger partial charge in [-0.3, -0.25) is 9.59 Å². The average Bonchev–Trinajstić information content (AvgIpc) is 2.77. The lowest BCUT2D eigenvalue weighted by molar-refractivity contribution is -0.141. The molecule has 5 heteroatoms. The zero-order chi connectivity index (χ0) is 12.4. The van der Waals surface area contributed by atoms with Gasteiger partial charge < -0.3 is 14.9 Å². The molecule has 5 nitrogen and oxygen atoms in total. The molecule has 2 rings (SSSR count). The number of aliphatic carboxylic acids is 1. The van der Waals surface area contributed by atoms with Crippen LogP contribution >= 0.6 is 0 Å². The number of nitrogens with zero attached hydrogens (tertiary/aromatic N) is 2. The first-order chi connectivity index (χ1) is 8.08. The van der Waals surface area contributed by atoms with Crippen LogP contribution in [0.3, 0.4) is 0 Å². The van der Waals surface area contributed by atoms with E-state index in [-0.39, 0.29) is 17.7 Å². The van der Waals surface area contributed by atoms with E-state index in [1.807, 2.05) is 7.05 Å². The van der Waals surface area contributed by atoms with E-state index in [2.05, 4.69) is 4.90 Å². The highest BCUT2D eigenvalue weighted by atomic mass is 16.4. The van der Waals surface area contributed by atoms with E-state index in [1.165, 1.54) is 0 Å². The summed E-state index contributed by atoms with van der Waals surface area (Å²) in [4.78, 5) is 27.0. The standard InChI is InChI=1S/C12H20N2O3/c1-13-5-2-3-9(7-13)11(15)14-6-4-10(8-14)12(16)17/h9-10H,2-8H2,1H3,(H,16,17). The van der Waals surface area contributed by atoms with E-state index in [0.717, 1.165) is 25.9 Å². The first kappa shape index (κ1) is 12.4. The summed E-state index contributed by atoms with van der Waals surface area (Å²) >= 11 is 0. The van der Waals surface area contributed by atoms with Crippen molar-refractivity contribution in [3.8, 4) is 0 Å². The maximum Gasteiger partial charge on any atom is 0.308 e. The third-order valence-corrected chi connectivity index (χ3v) is 3.82. The number of hydrogen-bond acceptors (Lipinski definition) is 3. The second-order valence-electron chi connectivity index (χ2n) is 5.21. The van der Waals surface area contributed by atoms with Gasteiger partial charge in [-0.2, -0.15) is 0 Å². The van der Waals surface area contributed by atoms with Crippen molar-refractivity contribution < 1.29 is 14.7 Å². The van der Waals surface area contributed by atoms with Crippen LogP contribution in [-0.2, 0) is 9.59 Å². The zero-order valence-electron chi connectivity index (χ0n) is 10.3. The van der Waals surface area contributed by atoms with E-state index in [9.17, 15) is 9.59 Å². The average molecular weight is 240 g/mol. The third kappa shape index (κ3) is 2.77. The Hall–Kier alpha value is -1.10. The molecule has 2 saturated heterocycles. The molecule has 96 valence electrons. The van der Waals surface area contributed by atoms with Crippen LogP contribution in [0.25, 0.3) is 0 Å². The largest absolute Gasteiger partial charge is 0.481 e. The number of carbonyl (C=O) groups is 2. The molecule has 2 atom stereocenters. The monoisotopic (exact) mass is 240 g/mol. The summed E-state index contributed by atoms with van der Waals surface area (Å²) in [5, 5.41) is 8.92. The first-order valence-corrected chi connectivity index (χ1v) is 6.28. The van der Waals surface area contributed by atoms with Gasteiger partial charge in [-0.15, -0.1) is 0 Å². The fraction of sp³-hybridized carbons (Fsp3) is 0.833. The van der Waals surface area contributed by atoms with Crippen molar-refractivity contribution in [2.24, 2.45) is 11.8 Å². The van der Waals surface area contributed by atoms with Crippen LogP contribution in [0.2, 0.25) is 0 Å². The van der Waals surface area contributed by atoms with Gasteiger partial charge in [-0.05, 0) is 32.9 Å². The number of carboxylic acid groups (broad SMARTS) is 1. The summed E-state index contributed by atoms with van der Waals surface area (Å²) in [5.41, 5.74) is 0. The summed E-state index contributed by atoms with van der Waals surface area (Å²) in [7, 11) is 2.03. The van der Waals surface area contributed by atoms with Crippen molar-refractivity contribution in [1.29, 1.82) is 0 Å². The SMILES string of the molecule is CN1CCCC(C(=O)N2CCC(C(=O)O)C2)C1. The number of carboxylic acids is 1. The number of likely N-dealkylation sites (tertiary alicyclic amines) is 2. The fourth-order valence-electron chi connectivity index (χ4n) is 2.79. The molecule has 2 fully saturated rings. The molecule has 0 saturated carbocycles. The van der Waals surface area contributed by atoms with E-state index >= 15 is 0 Å². The molecule has 2 aliphatic rings. The lowest BCUT2D eigenvalue weighted by Crippen LogP contribution is -2.43. The summed E-state index contributed by atoms with van der Waals surface area (Å²) in [6, 6.07) is 0. The van der Waals surface area contributed by atoms with Crippen molar-refractivity contribution >= 4 is 11.9 Å². The van der Waals surface area contributed by atoms with Gasteiger partial charge in [0.05, 0.1) is 11.8 Å². The molecule has 1 N–H and O–H groups in total. The molecular weight excluding hydrogens is 220 g/mol. The maximum absolute atomic E-state index is 12.2. The molecule has 1 amide bonds. The molecule has 2 aliphatic heterocycles. The van der Waals surface area contributed by atoms with Crippen LogP contribution in [0.1, 0.15) is 19.3 Å². The molecule has 2 heterocycles. The van der Waals surface area contributed by atoms with E-state index in [1.54, 1.807) is 4.90 Å². The Morgan fingerprint density at radius 3 is 2.47 bits per heavy atom. The predicted molar refractivity (Wildman–Crippen MR) is 62.5 cm³/mol. The van der Waals surface area contributed by atoms with E-state index < -0.39 is 5.97 Å². The Bertz CT molecular complexity index is 319. The Kier molecular flexibility index (Phi) is 3.66.